The number of amides is 1. The molecule has 0 radical (unpaired) electrons. The number of rotatable bonds is 7. The maximum Gasteiger partial charge on any atom is 0.308 e. The molecule has 0 bridgehead atoms. The molecule has 0 aliphatic heterocycles. The van der Waals surface area contributed by atoms with Crippen LogP contribution < -0.4 is 5.32 Å². The number of nitrogens with one attached hydrogen (secondary N) is 1. The smallest absolute Gasteiger partial charge is 0.308 e. The number of carboxylic acid groups (broad SMARTS) is 1. The molecule has 1 fully saturated rings. The number of allylic oxidation sites excluding steroid dienone is 1. The van der Waals surface area contributed by atoms with Crippen LogP contribution in [0.2, 0.25) is 0 Å². The third-order valence-corrected chi connectivity index (χ3v) is 3.21. The van der Waals surface area contributed by atoms with Gasteiger partial charge in [0, 0.05) is 12.6 Å². The summed E-state index contributed by atoms with van der Waals surface area (Å²) in [7, 11) is 0. The van der Waals surface area contributed by atoms with Gasteiger partial charge in [0.15, 0.2) is 0 Å². The zero-order valence-corrected chi connectivity index (χ0v) is 11.4. The molecule has 4 heteroatoms. The first-order valence-electron chi connectivity index (χ1n) is 6.59. The van der Waals surface area contributed by atoms with Gasteiger partial charge in [0.2, 0.25) is 5.91 Å². The van der Waals surface area contributed by atoms with E-state index in [1.54, 1.807) is 6.08 Å². The summed E-state index contributed by atoms with van der Waals surface area (Å²) in [5.41, 5.74) is 1.10. The molecule has 0 aromatic heterocycles. The lowest BCUT2D eigenvalue weighted by Crippen LogP contribution is -2.32. The zero-order chi connectivity index (χ0) is 13.7. The van der Waals surface area contributed by atoms with Crippen molar-refractivity contribution >= 4 is 11.9 Å². The Morgan fingerprint density at radius 1 is 1.39 bits per heavy atom. The third kappa shape index (κ3) is 5.34. The first-order valence-corrected chi connectivity index (χ1v) is 6.59. The molecule has 1 aliphatic rings. The van der Waals surface area contributed by atoms with E-state index in [0.717, 1.165) is 5.57 Å². The Bertz CT molecular complexity index is 343. The van der Waals surface area contributed by atoms with Gasteiger partial charge in [-0.1, -0.05) is 19.4 Å². The Morgan fingerprint density at radius 2 is 2.00 bits per heavy atom. The second-order valence-corrected chi connectivity index (χ2v) is 5.57. The molecule has 0 saturated heterocycles. The summed E-state index contributed by atoms with van der Waals surface area (Å²) >= 11 is 0. The molecular formula is C14H23NO3. The molecule has 4 nitrogen and oxygen atoms in total. The summed E-state index contributed by atoms with van der Waals surface area (Å²) in [5, 5.41) is 11.7. The molecule has 0 heterocycles. The fraction of sp³-hybridized carbons (Fsp3) is 0.714. The van der Waals surface area contributed by atoms with Gasteiger partial charge in [-0.05, 0) is 38.0 Å². The maximum absolute atomic E-state index is 11.6. The summed E-state index contributed by atoms with van der Waals surface area (Å²) in [5.74, 6) is -0.627. The molecule has 0 unspecified atom stereocenters. The van der Waals surface area contributed by atoms with Crippen LogP contribution in [0.15, 0.2) is 11.6 Å². The van der Waals surface area contributed by atoms with E-state index in [1.165, 1.54) is 12.8 Å². The van der Waals surface area contributed by atoms with Gasteiger partial charge in [0.1, 0.15) is 0 Å². The Morgan fingerprint density at radius 3 is 2.44 bits per heavy atom. The molecule has 1 rings (SSSR count). The normalized spacial score (nSPS) is 17.7. The number of hydrogen-bond acceptors (Lipinski definition) is 2. The van der Waals surface area contributed by atoms with E-state index in [4.69, 9.17) is 5.11 Å². The van der Waals surface area contributed by atoms with Crippen LogP contribution in [0.3, 0.4) is 0 Å². The summed E-state index contributed by atoms with van der Waals surface area (Å²) in [6.07, 6.45) is 4.52. The Balaban J connectivity index is 2.39. The van der Waals surface area contributed by atoms with E-state index in [2.05, 4.69) is 5.32 Å². The predicted molar refractivity (Wildman–Crippen MR) is 70.1 cm³/mol. The number of carbonyl (C=O) groups is 2. The fourth-order valence-electron chi connectivity index (χ4n) is 1.98. The van der Waals surface area contributed by atoms with Crippen LogP contribution in [0, 0.1) is 17.8 Å². The van der Waals surface area contributed by atoms with Gasteiger partial charge >= 0.3 is 5.97 Å². The van der Waals surface area contributed by atoms with E-state index in [1.807, 2.05) is 20.8 Å². The molecule has 0 aromatic rings. The third-order valence-electron chi connectivity index (χ3n) is 3.21. The Kier molecular flexibility index (Phi) is 5.38. The second kappa shape index (κ2) is 6.57. The van der Waals surface area contributed by atoms with Crippen LogP contribution in [-0.4, -0.2) is 23.5 Å². The minimum absolute atomic E-state index is 0.172. The van der Waals surface area contributed by atoms with Crippen LogP contribution in [0.5, 0.6) is 0 Å². The largest absolute Gasteiger partial charge is 0.481 e. The number of aliphatic carboxylic acids is 1. The van der Waals surface area contributed by atoms with Gasteiger partial charge in [0.05, 0.1) is 5.92 Å². The van der Waals surface area contributed by atoms with Gasteiger partial charge in [-0.15, -0.1) is 0 Å². The lowest BCUT2D eigenvalue weighted by Gasteiger charge is -2.14. The van der Waals surface area contributed by atoms with Crippen LogP contribution in [0.1, 0.15) is 40.0 Å². The predicted octanol–water partition coefficient (Wildman–Crippen LogP) is 2.21. The molecule has 1 aliphatic carbocycles. The van der Waals surface area contributed by atoms with Crippen molar-refractivity contribution in [2.45, 2.75) is 40.0 Å². The molecule has 18 heavy (non-hydrogen) atoms. The monoisotopic (exact) mass is 253 g/mol. The highest BCUT2D eigenvalue weighted by Crippen LogP contribution is 2.35. The van der Waals surface area contributed by atoms with Crippen LogP contribution >= 0.6 is 0 Å². The fourth-order valence-corrected chi connectivity index (χ4v) is 1.98. The molecule has 1 atom stereocenters. The van der Waals surface area contributed by atoms with Crippen LogP contribution in [0.4, 0.5) is 0 Å². The van der Waals surface area contributed by atoms with E-state index >= 15 is 0 Å². The SMILES string of the molecule is C/C(=C/C(=O)NC[C@H](CC(C)C)C(=O)O)C1CC1. The first kappa shape index (κ1) is 14.7. The Labute approximate surface area is 108 Å². The average Bonchev–Trinajstić information content (AvgIpc) is 3.06. The van der Waals surface area contributed by atoms with Gasteiger partial charge in [-0.3, -0.25) is 9.59 Å². The molecular weight excluding hydrogens is 230 g/mol. The quantitative estimate of drug-likeness (QED) is 0.684. The van der Waals surface area contributed by atoms with Gasteiger partial charge < -0.3 is 10.4 Å². The zero-order valence-electron chi connectivity index (χ0n) is 11.4. The van der Waals surface area contributed by atoms with Crippen molar-refractivity contribution in [2.75, 3.05) is 6.54 Å². The summed E-state index contributed by atoms with van der Waals surface area (Å²) in [6, 6.07) is 0. The van der Waals surface area contributed by atoms with Gasteiger partial charge in [-0.25, -0.2) is 0 Å². The maximum atomic E-state index is 11.6. The lowest BCUT2D eigenvalue weighted by atomic mass is 9.97. The van der Waals surface area contributed by atoms with E-state index in [9.17, 15) is 9.59 Å². The molecule has 2 N–H and O–H groups in total. The van der Waals surface area contributed by atoms with Crippen molar-refractivity contribution in [1.82, 2.24) is 5.32 Å². The van der Waals surface area contributed by atoms with Crippen molar-refractivity contribution < 1.29 is 14.7 Å². The number of hydrogen-bond donors (Lipinski definition) is 2. The topological polar surface area (TPSA) is 66.4 Å². The van der Waals surface area contributed by atoms with Crippen LogP contribution in [-0.2, 0) is 9.59 Å². The molecule has 102 valence electrons. The van der Waals surface area contributed by atoms with Crippen molar-refractivity contribution in [3.05, 3.63) is 11.6 Å². The minimum atomic E-state index is -0.841. The molecule has 1 amide bonds. The van der Waals surface area contributed by atoms with Gasteiger partial charge in [-0.2, -0.15) is 0 Å². The van der Waals surface area contributed by atoms with Crippen molar-refractivity contribution in [3.8, 4) is 0 Å². The van der Waals surface area contributed by atoms with Crippen molar-refractivity contribution in [3.63, 3.8) is 0 Å². The van der Waals surface area contributed by atoms with Gasteiger partial charge in [0.25, 0.3) is 0 Å². The summed E-state index contributed by atoms with van der Waals surface area (Å²) in [6.45, 7) is 6.13. The standard InChI is InChI=1S/C14H23NO3/c1-9(2)6-12(14(17)18)8-15-13(16)7-10(3)11-4-5-11/h7,9,11-12H,4-6,8H2,1-3H3,(H,15,16)(H,17,18)/b10-7-/t12-/m0/s1. The second-order valence-electron chi connectivity index (χ2n) is 5.57. The molecule has 0 spiro atoms. The lowest BCUT2D eigenvalue weighted by molar-refractivity contribution is -0.142. The molecule has 1 saturated carbocycles. The highest BCUT2D eigenvalue weighted by molar-refractivity contribution is 5.88. The Hall–Kier alpha value is -1.32. The highest BCUT2D eigenvalue weighted by atomic mass is 16.4. The number of carbonyl (C=O) groups excluding carboxylic acids is 1. The van der Waals surface area contributed by atoms with Crippen molar-refractivity contribution in [2.24, 2.45) is 17.8 Å². The van der Waals surface area contributed by atoms with E-state index < -0.39 is 11.9 Å². The minimum Gasteiger partial charge on any atom is -0.481 e. The summed E-state index contributed by atoms with van der Waals surface area (Å²) < 4.78 is 0. The van der Waals surface area contributed by atoms with E-state index in [0.29, 0.717) is 18.3 Å². The van der Waals surface area contributed by atoms with E-state index in [-0.39, 0.29) is 12.5 Å². The van der Waals surface area contributed by atoms with Crippen LogP contribution in [0.25, 0.3) is 0 Å². The van der Waals surface area contributed by atoms with Crippen molar-refractivity contribution in [1.29, 1.82) is 0 Å². The number of carboxylic acids is 1. The first-order chi connectivity index (χ1) is 8.40. The molecule has 0 aromatic carbocycles. The highest BCUT2D eigenvalue weighted by Gasteiger charge is 2.24. The average molecular weight is 253 g/mol. The summed E-state index contributed by atoms with van der Waals surface area (Å²) in [4.78, 5) is 22.6.